The molecule has 0 spiro atoms. The molecule has 2 amide bonds. The fourth-order valence-corrected chi connectivity index (χ4v) is 5.21. The molecule has 1 unspecified atom stereocenters. The molecule has 2 aliphatic rings. The minimum absolute atomic E-state index is 0.00385. The molecule has 1 heterocycles. The van der Waals surface area contributed by atoms with Gasteiger partial charge >= 0.3 is 0 Å². The SMILES string of the molecule is COc1cc(C2C(=O)N(C3CCC(C)CC3)CC(=O)N2Cc2ccc(C)cc2)ccc1OC(C)C. The van der Waals surface area contributed by atoms with Gasteiger partial charge in [-0.2, -0.15) is 0 Å². The first-order valence-electron chi connectivity index (χ1n) is 12.8. The van der Waals surface area contributed by atoms with Crippen molar-refractivity contribution in [2.75, 3.05) is 13.7 Å². The van der Waals surface area contributed by atoms with Crippen molar-refractivity contribution in [1.29, 1.82) is 0 Å². The number of ether oxygens (including phenoxy) is 2. The third-order valence-electron chi connectivity index (χ3n) is 7.22. The Labute approximate surface area is 209 Å². The molecule has 6 heteroatoms. The molecular weight excluding hydrogens is 440 g/mol. The molecule has 35 heavy (non-hydrogen) atoms. The highest BCUT2D eigenvalue weighted by atomic mass is 16.5. The van der Waals surface area contributed by atoms with Crippen molar-refractivity contribution >= 4 is 11.8 Å². The molecule has 0 aromatic heterocycles. The van der Waals surface area contributed by atoms with E-state index in [0.717, 1.165) is 42.4 Å². The maximum atomic E-state index is 14.0. The fraction of sp³-hybridized carbons (Fsp3) is 0.517. The van der Waals surface area contributed by atoms with Crippen molar-refractivity contribution in [2.24, 2.45) is 5.92 Å². The summed E-state index contributed by atoms with van der Waals surface area (Å²) in [6.45, 7) is 8.76. The molecule has 6 nitrogen and oxygen atoms in total. The topological polar surface area (TPSA) is 59.1 Å². The van der Waals surface area contributed by atoms with Crippen molar-refractivity contribution in [2.45, 2.75) is 78.1 Å². The van der Waals surface area contributed by atoms with E-state index in [1.807, 2.05) is 68.1 Å². The molecule has 2 aromatic rings. The summed E-state index contributed by atoms with van der Waals surface area (Å²) in [5.74, 6) is 1.85. The van der Waals surface area contributed by atoms with Crippen molar-refractivity contribution in [3.05, 3.63) is 59.2 Å². The molecular formula is C29H38N2O4. The van der Waals surface area contributed by atoms with Crippen LogP contribution >= 0.6 is 0 Å². The standard InChI is InChI=1S/C29H38N2O4/c1-19(2)35-25-15-12-23(16-26(25)34-5)28-29(33)30(24-13-8-21(4)9-14-24)18-27(32)31(28)17-22-10-6-20(3)7-11-22/h6-7,10-12,15-16,19,21,24,28H,8-9,13-14,17-18H2,1-5H3. The van der Waals surface area contributed by atoms with Crippen LogP contribution in [-0.2, 0) is 16.1 Å². The van der Waals surface area contributed by atoms with Crippen molar-refractivity contribution < 1.29 is 19.1 Å². The number of carbonyl (C=O) groups excluding carboxylic acids is 2. The minimum atomic E-state index is -0.695. The first-order chi connectivity index (χ1) is 16.8. The number of rotatable bonds is 7. The highest BCUT2D eigenvalue weighted by Gasteiger charge is 2.43. The Kier molecular flexibility index (Phi) is 7.68. The Bertz CT molecular complexity index is 1040. The van der Waals surface area contributed by atoms with Gasteiger partial charge in [-0.05, 0) is 75.6 Å². The molecule has 0 bridgehead atoms. The van der Waals surface area contributed by atoms with Gasteiger partial charge in [-0.3, -0.25) is 9.59 Å². The van der Waals surface area contributed by atoms with Crippen molar-refractivity contribution in [1.82, 2.24) is 9.80 Å². The molecule has 0 N–H and O–H groups in total. The van der Waals surface area contributed by atoms with Crippen LogP contribution in [0.5, 0.6) is 11.5 Å². The number of aryl methyl sites for hydroxylation is 1. The van der Waals surface area contributed by atoms with Crippen LogP contribution < -0.4 is 9.47 Å². The zero-order chi connectivity index (χ0) is 25.1. The number of piperazine rings is 1. The maximum absolute atomic E-state index is 14.0. The third kappa shape index (κ3) is 5.63. The second kappa shape index (κ2) is 10.7. The van der Waals surface area contributed by atoms with Gasteiger partial charge in [-0.25, -0.2) is 0 Å². The van der Waals surface area contributed by atoms with Gasteiger partial charge in [0.15, 0.2) is 11.5 Å². The second-order valence-electron chi connectivity index (χ2n) is 10.4. The zero-order valence-corrected chi connectivity index (χ0v) is 21.6. The van der Waals surface area contributed by atoms with Gasteiger partial charge in [0.05, 0.1) is 13.2 Å². The van der Waals surface area contributed by atoms with Gasteiger partial charge in [-0.15, -0.1) is 0 Å². The Morgan fingerprint density at radius 2 is 1.66 bits per heavy atom. The predicted molar refractivity (Wildman–Crippen MR) is 136 cm³/mol. The summed E-state index contributed by atoms with van der Waals surface area (Å²) in [7, 11) is 1.60. The van der Waals surface area contributed by atoms with E-state index in [0.29, 0.717) is 24.0 Å². The lowest BCUT2D eigenvalue weighted by Crippen LogP contribution is -2.58. The van der Waals surface area contributed by atoms with Crippen LogP contribution in [0.3, 0.4) is 0 Å². The predicted octanol–water partition coefficient (Wildman–Crippen LogP) is 5.28. The number of nitrogens with zero attached hydrogens (tertiary/aromatic N) is 2. The number of benzene rings is 2. The van der Waals surface area contributed by atoms with Gasteiger partial charge in [0, 0.05) is 12.6 Å². The summed E-state index contributed by atoms with van der Waals surface area (Å²) in [5, 5.41) is 0. The van der Waals surface area contributed by atoms with E-state index >= 15 is 0 Å². The van der Waals surface area contributed by atoms with Crippen LogP contribution in [0.1, 0.15) is 69.2 Å². The van der Waals surface area contributed by atoms with Crippen LogP contribution in [0.2, 0.25) is 0 Å². The fourth-order valence-electron chi connectivity index (χ4n) is 5.21. The van der Waals surface area contributed by atoms with Gasteiger partial charge in [0.2, 0.25) is 5.91 Å². The average Bonchev–Trinajstić information content (AvgIpc) is 2.83. The smallest absolute Gasteiger partial charge is 0.250 e. The first kappa shape index (κ1) is 25.1. The molecule has 1 saturated heterocycles. The molecule has 0 radical (unpaired) electrons. The summed E-state index contributed by atoms with van der Waals surface area (Å²) in [6, 6.07) is 13.1. The summed E-state index contributed by atoms with van der Waals surface area (Å²) in [5.41, 5.74) is 2.92. The number of hydrogen-bond acceptors (Lipinski definition) is 4. The van der Waals surface area contributed by atoms with Gasteiger partial charge in [0.1, 0.15) is 12.6 Å². The van der Waals surface area contributed by atoms with Crippen LogP contribution in [-0.4, -0.2) is 47.4 Å². The largest absolute Gasteiger partial charge is 0.493 e. The summed E-state index contributed by atoms with van der Waals surface area (Å²) >= 11 is 0. The average molecular weight is 479 g/mol. The number of carbonyl (C=O) groups is 2. The Morgan fingerprint density at radius 1 is 0.971 bits per heavy atom. The second-order valence-corrected chi connectivity index (χ2v) is 10.4. The van der Waals surface area contributed by atoms with Crippen molar-refractivity contribution in [3.63, 3.8) is 0 Å². The third-order valence-corrected chi connectivity index (χ3v) is 7.22. The van der Waals surface area contributed by atoms with Crippen LogP contribution in [0.25, 0.3) is 0 Å². The molecule has 2 fully saturated rings. The molecule has 4 rings (SSSR count). The lowest BCUT2D eigenvalue weighted by atomic mass is 9.85. The number of amides is 2. The van der Waals surface area contributed by atoms with E-state index in [4.69, 9.17) is 9.47 Å². The van der Waals surface area contributed by atoms with E-state index in [1.165, 1.54) is 0 Å². The monoisotopic (exact) mass is 478 g/mol. The normalized spacial score (nSPS) is 23.1. The zero-order valence-electron chi connectivity index (χ0n) is 21.6. The van der Waals surface area contributed by atoms with E-state index in [-0.39, 0.29) is 30.5 Å². The number of hydrogen-bond donors (Lipinski definition) is 0. The Morgan fingerprint density at radius 3 is 2.29 bits per heavy atom. The molecule has 2 aromatic carbocycles. The number of methoxy groups -OCH3 is 1. The van der Waals surface area contributed by atoms with E-state index in [2.05, 4.69) is 6.92 Å². The van der Waals surface area contributed by atoms with Crippen LogP contribution in [0, 0.1) is 12.8 Å². The molecule has 1 aliphatic carbocycles. The lowest BCUT2D eigenvalue weighted by Gasteiger charge is -2.45. The Balaban J connectivity index is 1.70. The van der Waals surface area contributed by atoms with E-state index in [9.17, 15) is 9.59 Å². The summed E-state index contributed by atoms with van der Waals surface area (Å²) in [4.78, 5) is 31.2. The lowest BCUT2D eigenvalue weighted by molar-refractivity contribution is -0.160. The highest BCUT2D eigenvalue weighted by molar-refractivity contribution is 5.96. The van der Waals surface area contributed by atoms with Crippen LogP contribution in [0.15, 0.2) is 42.5 Å². The van der Waals surface area contributed by atoms with E-state index < -0.39 is 6.04 Å². The molecule has 1 saturated carbocycles. The van der Waals surface area contributed by atoms with Gasteiger partial charge in [-0.1, -0.05) is 42.8 Å². The highest BCUT2D eigenvalue weighted by Crippen LogP contribution is 2.38. The molecule has 1 atom stereocenters. The summed E-state index contributed by atoms with van der Waals surface area (Å²) in [6.07, 6.45) is 4.09. The maximum Gasteiger partial charge on any atom is 0.250 e. The van der Waals surface area contributed by atoms with Gasteiger partial charge in [0.25, 0.3) is 5.91 Å². The van der Waals surface area contributed by atoms with Crippen molar-refractivity contribution in [3.8, 4) is 11.5 Å². The van der Waals surface area contributed by atoms with Gasteiger partial charge < -0.3 is 19.3 Å². The summed E-state index contributed by atoms with van der Waals surface area (Å²) < 4.78 is 11.5. The minimum Gasteiger partial charge on any atom is -0.493 e. The molecule has 188 valence electrons. The quantitative estimate of drug-likeness (QED) is 0.543. The van der Waals surface area contributed by atoms with E-state index in [1.54, 1.807) is 12.0 Å². The van der Waals surface area contributed by atoms with Crippen LogP contribution in [0.4, 0.5) is 0 Å². The Hall–Kier alpha value is -3.02. The molecule has 1 aliphatic heterocycles. The first-order valence-corrected chi connectivity index (χ1v) is 12.8.